The smallest absolute Gasteiger partial charge is 0.225 e. The Morgan fingerprint density at radius 1 is 1.00 bits per heavy atom. The summed E-state index contributed by atoms with van der Waals surface area (Å²) >= 11 is 0. The van der Waals surface area contributed by atoms with Crippen LogP contribution in [0.25, 0.3) is 0 Å². The third kappa shape index (κ3) is 2.90. The Balaban J connectivity index is 2.46. The number of aromatic nitrogens is 2. The van der Waals surface area contributed by atoms with Crippen LogP contribution in [0, 0.1) is 0 Å². The van der Waals surface area contributed by atoms with Gasteiger partial charge in [0.25, 0.3) is 0 Å². The Morgan fingerprint density at radius 3 is 2.05 bits per heavy atom. The summed E-state index contributed by atoms with van der Waals surface area (Å²) in [6, 6.07) is 3.52. The Morgan fingerprint density at radius 2 is 1.59 bits per heavy atom. The highest BCUT2D eigenvalue weighted by molar-refractivity contribution is 5.56. The summed E-state index contributed by atoms with van der Waals surface area (Å²) in [7, 11) is 4.58. The van der Waals surface area contributed by atoms with E-state index in [-0.39, 0.29) is 24.1 Å². The summed E-state index contributed by atoms with van der Waals surface area (Å²) in [5.74, 6) is 1.29. The van der Waals surface area contributed by atoms with Crippen LogP contribution in [0.2, 0.25) is 0 Å². The second-order valence-electron chi connectivity index (χ2n) is 4.48. The van der Waals surface area contributed by atoms with Gasteiger partial charge < -0.3 is 30.8 Å². The topological polar surface area (TPSA) is 126 Å². The fraction of sp³-hybridized carbons (Fsp3) is 0.286. The number of methoxy groups -OCH3 is 3. The molecule has 1 heterocycles. The number of nitrogens with zero attached hydrogens (tertiary/aromatic N) is 2. The van der Waals surface area contributed by atoms with Crippen molar-refractivity contribution in [2.24, 2.45) is 0 Å². The number of benzene rings is 1. The minimum Gasteiger partial charge on any atom is -0.493 e. The maximum absolute atomic E-state index is 9.89. The molecule has 5 N–H and O–H groups in total. The van der Waals surface area contributed by atoms with Gasteiger partial charge in [0, 0.05) is 6.42 Å². The van der Waals surface area contributed by atoms with Gasteiger partial charge >= 0.3 is 0 Å². The first kappa shape index (κ1) is 15.5. The van der Waals surface area contributed by atoms with Gasteiger partial charge in [-0.25, -0.2) is 0 Å². The molecule has 8 heteroatoms. The van der Waals surface area contributed by atoms with Gasteiger partial charge in [0.05, 0.1) is 26.9 Å². The molecule has 0 saturated heterocycles. The molecule has 22 heavy (non-hydrogen) atoms. The quantitative estimate of drug-likeness (QED) is 0.745. The van der Waals surface area contributed by atoms with Crippen molar-refractivity contribution in [3.63, 3.8) is 0 Å². The zero-order valence-corrected chi connectivity index (χ0v) is 12.6. The summed E-state index contributed by atoms with van der Waals surface area (Å²) in [6.07, 6.45) is 0.286. The Hall–Kier alpha value is -2.90. The molecule has 0 aliphatic heterocycles. The molecule has 1 aromatic carbocycles. The average molecular weight is 306 g/mol. The lowest BCUT2D eigenvalue weighted by molar-refractivity contribution is 0.324. The summed E-state index contributed by atoms with van der Waals surface area (Å²) in [5.41, 5.74) is 12.4. The van der Waals surface area contributed by atoms with E-state index in [2.05, 4.69) is 9.97 Å². The average Bonchev–Trinajstić information content (AvgIpc) is 2.49. The normalized spacial score (nSPS) is 10.3. The Labute approximate surface area is 127 Å². The summed E-state index contributed by atoms with van der Waals surface area (Å²) in [6.45, 7) is 0. The predicted octanol–water partition coefficient (Wildman–Crippen LogP) is 0.963. The van der Waals surface area contributed by atoms with Crippen molar-refractivity contribution in [1.29, 1.82) is 0 Å². The molecule has 2 rings (SSSR count). The highest BCUT2D eigenvalue weighted by Crippen LogP contribution is 2.39. The van der Waals surface area contributed by atoms with Crippen molar-refractivity contribution in [2.75, 3.05) is 32.8 Å². The Kier molecular flexibility index (Phi) is 4.40. The SMILES string of the molecule is COc1cc(Cc2c(N)nc(N)nc2O)cc(OC)c1OC. The standard InChI is InChI=1S/C14H18N4O4/c1-20-9-5-7(6-10(21-2)11(9)22-3)4-8-12(15)17-14(16)18-13(8)19/h5-6H,4H2,1-3H3,(H5,15,16,17,18,19). The third-order valence-electron chi connectivity index (χ3n) is 3.14. The minimum atomic E-state index is -0.251. The largest absolute Gasteiger partial charge is 0.493 e. The second-order valence-corrected chi connectivity index (χ2v) is 4.48. The van der Waals surface area contributed by atoms with Crippen LogP contribution < -0.4 is 25.7 Å². The molecule has 0 unspecified atom stereocenters. The van der Waals surface area contributed by atoms with Gasteiger partial charge in [-0.3, -0.25) is 0 Å². The third-order valence-corrected chi connectivity index (χ3v) is 3.14. The number of hydrogen-bond donors (Lipinski definition) is 3. The fourth-order valence-electron chi connectivity index (χ4n) is 2.12. The molecule has 0 spiro atoms. The van der Waals surface area contributed by atoms with Gasteiger partial charge in [0.15, 0.2) is 11.5 Å². The molecular weight excluding hydrogens is 288 g/mol. The zero-order valence-electron chi connectivity index (χ0n) is 12.6. The second kappa shape index (κ2) is 6.25. The number of rotatable bonds is 5. The number of hydrogen-bond acceptors (Lipinski definition) is 8. The van der Waals surface area contributed by atoms with Gasteiger partial charge in [-0.1, -0.05) is 0 Å². The number of nitrogens with two attached hydrogens (primary N) is 2. The molecule has 8 nitrogen and oxygen atoms in total. The van der Waals surface area contributed by atoms with Crippen molar-refractivity contribution in [3.8, 4) is 23.1 Å². The van der Waals surface area contributed by atoms with Crippen LogP contribution in [0.4, 0.5) is 11.8 Å². The molecule has 0 fully saturated rings. The van der Waals surface area contributed by atoms with Gasteiger partial charge in [-0.15, -0.1) is 0 Å². The zero-order chi connectivity index (χ0) is 16.3. The van der Waals surface area contributed by atoms with Crippen LogP contribution in [0.15, 0.2) is 12.1 Å². The van der Waals surface area contributed by atoms with Crippen LogP contribution in [-0.2, 0) is 6.42 Å². The predicted molar refractivity (Wildman–Crippen MR) is 81.4 cm³/mol. The van der Waals surface area contributed by atoms with Crippen molar-refractivity contribution in [2.45, 2.75) is 6.42 Å². The molecule has 0 bridgehead atoms. The van der Waals surface area contributed by atoms with E-state index in [0.717, 1.165) is 5.56 Å². The molecule has 0 saturated carbocycles. The molecule has 0 aliphatic carbocycles. The van der Waals surface area contributed by atoms with E-state index < -0.39 is 0 Å². The minimum absolute atomic E-state index is 0.0800. The van der Waals surface area contributed by atoms with Crippen molar-refractivity contribution < 1.29 is 19.3 Å². The first-order valence-electron chi connectivity index (χ1n) is 6.39. The van der Waals surface area contributed by atoms with Gasteiger partial charge in [0.1, 0.15) is 5.82 Å². The summed E-state index contributed by atoms with van der Waals surface area (Å²) in [4.78, 5) is 7.55. The van der Waals surface area contributed by atoms with E-state index in [9.17, 15) is 5.11 Å². The summed E-state index contributed by atoms with van der Waals surface area (Å²) < 4.78 is 15.8. The number of anilines is 2. The Bertz CT molecular complexity index is 643. The van der Waals surface area contributed by atoms with Crippen LogP contribution in [0.5, 0.6) is 23.1 Å². The molecule has 2 aromatic rings. The molecule has 118 valence electrons. The number of ether oxygens (including phenoxy) is 3. The van der Waals surface area contributed by atoms with Crippen molar-refractivity contribution in [1.82, 2.24) is 9.97 Å². The molecule has 1 aromatic heterocycles. The lowest BCUT2D eigenvalue weighted by Gasteiger charge is -2.14. The molecule has 0 radical (unpaired) electrons. The van der Waals surface area contributed by atoms with Crippen LogP contribution >= 0.6 is 0 Å². The lowest BCUT2D eigenvalue weighted by Crippen LogP contribution is -2.05. The highest BCUT2D eigenvalue weighted by atomic mass is 16.5. The van der Waals surface area contributed by atoms with Crippen molar-refractivity contribution in [3.05, 3.63) is 23.3 Å². The van der Waals surface area contributed by atoms with Gasteiger partial charge in [-0.05, 0) is 17.7 Å². The van der Waals surface area contributed by atoms with E-state index in [4.69, 9.17) is 25.7 Å². The first-order valence-corrected chi connectivity index (χ1v) is 6.39. The number of aromatic hydroxyl groups is 1. The molecule has 0 amide bonds. The van der Waals surface area contributed by atoms with Crippen LogP contribution in [0.1, 0.15) is 11.1 Å². The summed E-state index contributed by atoms with van der Waals surface area (Å²) in [5, 5.41) is 9.89. The molecule has 0 atom stereocenters. The lowest BCUT2D eigenvalue weighted by atomic mass is 10.0. The maximum atomic E-state index is 9.89. The fourth-order valence-corrected chi connectivity index (χ4v) is 2.12. The first-order chi connectivity index (χ1) is 10.5. The monoisotopic (exact) mass is 306 g/mol. The van der Waals surface area contributed by atoms with E-state index in [1.54, 1.807) is 12.1 Å². The van der Waals surface area contributed by atoms with Gasteiger partial charge in [-0.2, -0.15) is 9.97 Å². The van der Waals surface area contributed by atoms with Crippen molar-refractivity contribution >= 4 is 11.8 Å². The van der Waals surface area contributed by atoms with Crippen LogP contribution in [-0.4, -0.2) is 36.4 Å². The van der Waals surface area contributed by atoms with Crippen LogP contribution in [0.3, 0.4) is 0 Å². The van der Waals surface area contributed by atoms with Gasteiger partial charge in [0.2, 0.25) is 17.6 Å². The molecule has 0 aliphatic rings. The maximum Gasteiger partial charge on any atom is 0.225 e. The van der Waals surface area contributed by atoms with E-state index in [1.165, 1.54) is 21.3 Å². The van der Waals surface area contributed by atoms with E-state index in [1.807, 2.05) is 0 Å². The highest BCUT2D eigenvalue weighted by Gasteiger charge is 2.16. The number of nitrogen functional groups attached to an aromatic ring is 2. The van der Waals surface area contributed by atoms with E-state index >= 15 is 0 Å². The molecular formula is C14H18N4O4. The van der Waals surface area contributed by atoms with E-state index in [0.29, 0.717) is 22.8 Å².